The van der Waals surface area contributed by atoms with Crippen molar-refractivity contribution in [2.24, 2.45) is 87.3 Å². The summed E-state index contributed by atoms with van der Waals surface area (Å²) < 4.78 is 0. The van der Waals surface area contributed by atoms with Gasteiger partial charge in [-0.2, -0.15) is 0 Å². The molecule has 3 nitrogen and oxygen atoms in total. The molecule has 0 bridgehead atoms. The van der Waals surface area contributed by atoms with Crippen molar-refractivity contribution >= 4 is 5.78 Å². The lowest BCUT2D eigenvalue weighted by Gasteiger charge is -2.70. The Balaban J connectivity index is 1.49. The fraction of sp³-hybridized carbons (Fsp3) is 0.923. The third kappa shape index (κ3) is 4.92. The minimum Gasteiger partial charge on any atom is -0.393 e. The molecule has 5 rings (SSSR count). The van der Waals surface area contributed by atoms with Crippen LogP contribution in [0, 0.1) is 87.3 Å². The molecule has 240 valence electrons. The fourth-order valence-electron chi connectivity index (χ4n) is 13.1. The highest BCUT2D eigenvalue weighted by molar-refractivity contribution is 5.87. The van der Waals surface area contributed by atoms with Crippen LogP contribution in [0.2, 0.25) is 0 Å². The first-order valence-corrected chi connectivity index (χ1v) is 18.1. The Hall–Kier alpha value is -0.670. The Morgan fingerprint density at radius 2 is 1.57 bits per heavy atom. The Kier molecular flexibility index (Phi) is 8.80. The fourth-order valence-corrected chi connectivity index (χ4v) is 13.1. The summed E-state index contributed by atoms with van der Waals surface area (Å²) in [6.07, 6.45) is 11.3. The van der Waals surface area contributed by atoms with Crippen LogP contribution >= 0.6 is 0 Å². The molecule has 0 spiro atoms. The molecular formula is C39H66O3. The number of carbonyl (C=O) groups is 1. The standard InChI is InChI=1S/C39H66O3/c1-21(2)16-27-12-14-28(15-13-27)30-17-29(22(3)4)31-19-37(9)20-38(10)18-23(5)32(26(8)40)36(42)39(38,11)25(7)34(37)35(41)33(31)24(30)6/h17,21-29,31-34,36,40,42H,12-16,18-20H2,1-11H3. The van der Waals surface area contributed by atoms with Crippen LogP contribution in [-0.2, 0) is 4.79 Å². The van der Waals surface area contributed by atoms with Gasteiger partial charge >= 0.3 is 0 Å². The highest BCUT2D eigenvalue weighted by atomic mass is 16.3. The molecule has 5 aliphatic carbocycles. The quantitative estimate of drug-likeness (QED) is 0.318. The second-order valence-corrected chi connectivity index (χ2v) is 18.3. The van der Waals surface area contributed by atoms with Gasteiger partial charge in [-0.1, -0.05) is 80.9 Å². The Bertz CT molecular complexity index is 1030. The predicted octanol–water partition coefficient (Wildman–Crippen LogP) is 8.97. The first-order valence-electron chi connectivity index (χ1n) is 18.1. The molecule has 42 heavy (non-hydrogen) atoms. The number of Topliss-reactive ketones (excluding diaryl/α,β-unsaturated/α-hetero) is 1. The lowest BCUT2D eigenvalue weighted by Crippen LogP contribution is -2.69. The molecule has 0 aromatic carbocycles. The van der Waals surface area contributed by atoms with Crippen molar-refractivity contribution in [3.05, 3.63) is 11.6 Å². The second-order valence-electron chi connectivity index (χ2n) is 18.3. The normalized spacial score (nSPS) is 51.9. The van der Waals surface area contributed by atoms with E-state index in [0.717, 1.165) is 31.1 Å². The van der Waals surface area contributed by atoms with Gasteiger partial charge in [-0.25, -0.2) is 0 Å². The Morgan fingerprint density at radius 1 is 0.952 bits per heavy atom. The van der Waals surface area contributed by atoms with Crippen molar-refractivity contribution in [3.8, 4) is 0 Å². The number of hydrogen-bond acceptors (Lipinski definition) is 3. The molecule has 13 unspecified atom stereocenters. The van der Waals surface area contributed by atoms with Crippen LogP contribution in [0.25, 0.3) is 0 Å². The lowest BCUT2D eigenvalue weighted by molar-refractivity contribution is -0.250. The summed E-state index contributed by atoms with van der Waals surface area (Å²) in [6, 6.07) is 0. The van der Waals surface area contributed by atoms with E-state index < -0.39 is 17.6 Å². The van der Waals surface area contributed by atoms with Crippen molar-refractivity contribution in [2.75, 3.05) is 0 Å². The molecule has 2 N–H and O–H groups in total. The number of rotatable bonds is 5. The van der Waals surface area contributed by atoms with Crippen molar-refractivity contribution in [1.82, 2.24) is 0 Å². The minimum atomic E-state index is -0.597. The number of ketones is 1. The Morgan fingerprint density at radius 3 is 2.12 bits per heavy atom. The maximum absolute atomic E-state index is 15.1. The van der Waals surface area contributed by atoms with Gasteiger partial charge in [-0.15, -0.1) is 0 Å². The molecule has 0 radical (unpaired) electrons. The van der Waals surface area contributed by atoms with Crippen molar-refractivity contribution in [1.29, 1.82) is 0 Å². The molecule has 0 aromatic heterocycles. The van der Waals surface area contributed by atoms with Gasteiger partial charge in [-0.3, -0.25) is 4.79 Å². The minimum absolute atomic E-state index is 0.0223. The van der Waals surface area contributed by atoms with Gasteiger partial charge < -0.3 is 10.2 Å². The van der Waals surface area contributed by atoms with Crippen LogP contribution in [0.5, 0.6) is 0 Å². The van der Waals surface area contributed by atoms with E-state index in [9.17, 15) is 10.2 Å². The van der Waals surface area contributed by atoms with E-state index in [2.05, 4.69) is 75.3 Å². The van der Waals surface area contributed by atoms with E-state index in [1.165, 1.54) is 32.1 Å². The molecule has 3 heteroatoms. The highest BCUT2D eigenvalue weighted by Gasteiger charge is 2.70. The number of aliphatic hydroxyl groups is 2. The molecule has 4 fully saturated rings. The van der Waals surface area contributed by atoms with Crippen LogP contribution < -0.4 is 0 Å². The summed E-state index contributed by atoms with van der Waals surface area (Å²) in [7, 11) is 0. The molecule has 0 aromatic rings. The topological polar surface area (TPSA) is 57.5 Å². The average Bonchev–Trinajstić information content (AvgIpc) is 2.86. The summed E-state index contributed by atoms with van der Waals surface area (Å²) >= 11 is 0. The third-order valence-corrected chi connectivity index (χ3v) is 14.9. The van der Waals surface area contributed by atoms with Gasteiger partial charge in [0, 0.05) is 23.2 Å². The summed E-state index contributed by atoms with van der Waals surface area (Å²) in [4.78, 5) is 15.1. The van der Waals surface area contributed by atoms with Gasteiger partial charge in [-0.05, 0) is 122 Å². The zero-order valence-electron chi connectivity index (χ0n) is 29.1. The van der Waals surface area contributed by atoms with Gasteiger partial charge in [0.1, 0.15) is 5.78 Å². The summed E-state index contributed by atoms with van der Waals surface area (Å²) in [6.45, 7) is 25.4. The highest BCUT2D eigenvalue weighted by Crippen LogP contribution is 2.72. The van der Waals surface area contributed by atoms with E-state index in [4.69, 9.17) is 0 Å². The van der Waals surface area contributed by atoms with Gasteiger partial charge in [0.15, 0.2) is 0 Å². The van der Waals surface area contributed by atoms with E-state index in [1.54, 1.807) is 5.57 Å². The lowest BCUT2D eigenvalue weighted by atomic mass is 9.34. The molecule has 0 amide bonds. The van der Waals surface area contributed by atoms with Gasteiger partial charge in [0.05, 0.1) is 12.2 Å². The van der Waals surface area contributed by atoms with Crippen molar-refractivity contribution < 1.29 is 15.0 Å². The summed E-state index contributed by atoms with van der Waals surface area (Å²) in [5.74, 6) is 4.86. The number of hydrogen-bond donors (Lipinski definition) is 2. The molecule has 0 saturated heterocycles. The molecule has 0 heterocycles. The van der Waals surface area contributed by atoms with Crippen LogP contribution in [-0.4, -0.2) is 28.2 Å². The SMILES string of the molecule is CC(C)CC1CCC(C2=CC(C(C)C)C3CC4(C)CC5(C)CC(C)C(C(C)O)C(O)C5(C)C(C)C4C(=O)C3C2C)CC1. The monoisotopic (exact) mass is 583 g/mol. The van der Waals surface area contributed by atoms with Crippen molar-refractivity contribution in [2.45, 2.75) is 140 Å². The third-order valence-electron chi connectivity index (χ3n) is 14.9. The summed E-state index contributed by atoms with van der Waals surface area (Å²) in [5.41, 5.74) is 1.13. The average molecular weight is 583 g/mol. The first kappa shape index (κ1) is 32.7. The largest absolute Gasteiger partial charge is 0.393 e. The number of carbonyl (C=O) groups excluding carboxylic acids is 1. The molecular weight excluding hydrogens is 516 g/mol. The molecule has 0 aliphatic heterocycles. The Labute approximate surface area is 259 Å². The van der Waals surface area contributed by atoms with Crippen LogP contribution in [0.3, 0.4) is 0 Å². The second kappa shape index (κ2) is 11.3. The van der Waals surface area contributed by atoms with E-state index in [-0.39, 0.29) is 40.4 Å². The number of aliphatic hydroxyl groups excluding tert-OH is 2. The zero-order valence-corrected chi connectivity index (χ0v) is 29.1. The van der Waals surface area contributed by atoms with Crippen LogP contribution in [0.15, 0.2) is 11.6 Å². The van der Waals surface area contributed by atoms with E-state index in [1.807, 2.05) is 6.92 Å². The zero-order chi connectivity index (χ0) is 31.1. The maximum Gasteiger partial charge on any atom is 0.140 e. The number of allylic oxidation sites excluding steroid dienone is 2. The molecule has 13 atom stereocenters. The smallest absolute Gasteiger partial charge is 0.140 e. The maximum atomic E-state index is 15.1. The van der Waals surface area contributed by atoms with Crippen molar-refractivity contribution in [3.63, 3.8) is 0 Å². The van der Waals surface area contributed by atoms with Crippen LogP contribution in [0.4, 0.5) is 0 Å². The van der Waals surface area contributed by atoms with Crippen LogP contribution in [0.1, 0.15) is 128 Å². The first-order chi connectivity index (χ1) is 19.5. The number of fused-ring (bicyclic) bond motifs is 3. The predicted molar refractivity (Wildman–Crippen MR) is 174 cm³/mol. The van der Waals surface area contributed by atoms with E-state index >= 15 is 4.79 Å². The van der Waals surface area contributed by atoms with E-state index in [0.29, 0.717) is 35.4 Å². The van der Waals surface area contributed by atoms with Gasteiger partial charge in [0.25, 0.3) is 0 Å². The molecule has 4 saturated carbocycles. The molecule has 5 aliphatic rings. The van der Waals surface area contributed by atoms with Gasteiger partial charge in [0.2, 0.25) is 0 Å². The summed E-state index contributed by atoms with van der Waals surface area (Å²) in [5, 5.41) is 22.8.